The molecule has 1 spiro atoms. The van der Waals surface area contributed by atoms with Gasteiger partial charge in [-0.1, -0.05) is 22.9 Å². The zero-order valence-corrected chi connectivity index (χ0v) is 15.7. The molecule has 1 saturated heterocycles. The molecule has 2 amide bonds. The van der Waals surface area contributed by atoms with Crippen LogP contribution in [0.1, 0.15) is 23.9 Å². The van der Waals surface area contributed by atoms with Gasteiger partial charge in [0.15, 0.2) is 5.13 Å². The van der Waals surface area contributed by atoms with E-state index in [0.717, 1.165) is 35.2 Å². The van der Waals surface area contributed by atoms with Crippen molar-refractivity contribution in [1.82, 2.24) is 9.88 Å². The average molecular weight is 394 g/mol. The van der Waals surface area contributed by atoms with Crippen LogP contribution in [-0.4, -0.2) is 41.3 Å². The molecular formula is C18H17ClFN3O2S. The molecule has 5 nitrogen and oxygen atoms in total. The summed E-state index contributed by atoms with van der Waals surface area (Å²) in [5.74, 6) is -0.0884. The third kappa shape index (κ3) is 2.89. The van der Waals surface area contributed by atoms with E-state index in [1.54, 1.807) is 17.9 Å². The van der Waals surface area contributed by atoms with E-state index in [9.17, 15) is 14.0 Å². The van der Waals surface area contributed by atoms with Crippen LogP contribution in [0.3, 0.4) is 0 Å². The molecule has 1 aromatic heterocycles. The molecule has 0 radical (unpaired) electrons. The smallest absolute Gasteiger partial charge is 0.233 e. The van der Waals surface area contributed by atoms with Crippen LogP contribution in [0.5, 0.6) is 0 Å². The van der Waals surface area contributed by atoms with E-state index in [4.69, 9.17) is 11.6 Å². The van der Waals surface area contributed by atoms with Gasteiger partial charge in [-0.2, -0.15) is 4.39 Å². The first-order chi connectivity index (χ1) is 12.4. The van der Waals surface area contributed by atoms with E-state index in [0.29, 0.717) is 29.7 Å². The minimum absolute atomic E-state index is 0.0356. The number of rotatable bonds is 2. The van der Waals surface area contributed by atoms with E-state index in [1.807, 2.05) is 17.0 Å². The van der Waals surface area contributed by atoms with Crippen molar-refractivity contribution in [3.05, 3.63) is 45.1 Å². The summed E-state index contributed by atoms with van der Waals surface area (Å²) in [7, 11) is 0. The lowest BCUT2D eigenvalue weighted by atomic mass is 9.81. The highest BCUT2D eigenvalue weighted by molar-refractivity contribution is 7.10. The molecule has 3 heterocycles. The second kappa shape index (κ2) is 6.32. The third-order valence-electron chi connectivity index (χ3n) is 5.21. The number of anilines is 1. The number of carbonyl (C=O) groups excluding carboxylic acids is 2. The van der Waals surface area contributed by atoms with Crippen LogP contribution in [0.4, 0.5) is 10.1 Å². The number of nitrogens with zero attached hydrogens (tertiary/aromatic N) is 3. The lowest BCUT2D eigenvalue weighted by Gasteiger charge is -2.25. The Morgan fingerprint density at radius 1 is 1.38 bits per heavy atom. The first-order valence-electron chi connectivity index (χ1n) is 8.34. The summed E-state index contributed by atoms with van der Waals surface area (Å²) in [6.07, 6.45) is 1.98. The Labute approximate surface area is 159 Å². The number of likely N-dealkylation sites (tertiary alicyclic amines) is 1. The van der Waals surface area contributed by atoms with Gasteiger partial charge < -0.3 is 9.80 Å². The highest BCUT2D eigenvalue weighted by atomic mass is 35.5. The number of benzene rings is 1. The number of aromatic nitrogens is 1. The van der Waals surface area contributed by atoms with Gasteiger partial charge in [0.25, 0.3) is 0 Å². The van der Waals surface area contributed by atoms with Gasteiger partial charge in [0.2, 0.25) is 11.8 Å². The number of hydrogen-bond donors (Lipinski definition) is 0. The summed E-state index contributed by atoms with van der Waals surface area (Å²) in [6, 6.07) is 5.51. The summed E-state index contributed by atoms with van der Waals surface area (Å²) < 4.78 is 13.2. The molecule has 1 aromatic carbocycles. The van der Waals surface area contributed by atoms with Crippen molar-refractivity contribution in [2.75, 3.05) is 24.5 Å². The van der Waals surface area contributed by atoms with Gasteiger partial charge >= 0.3 is 0 Å². The number of carbonyl (C=O) groups is 2. The van der Waals surface area contributed by atoms with Crippen molar-refractivity contribution in [2.45, 2.75) is 25.2 Å². The predicted octanol–water partition coefficient (Wildman–Crippen LogP) is 3.01. The van der Waals surface area contributed by atoms with Crippen LogP contribution in [-0.2, 0) is 21.4 Å². The molecule has 1 fully saturated rings. The Balaban J connectivity index is 1.66. The van der Waals surface area contributed by atoms with E-state index in [1.165, 1.54) is 0 Å². The first-order valence-corrected chi connectivity index (χ1v) is 9.53. The second-order valence-corrected chi connectivity index (χ2v) is 8.35. The number of halogens is 2. The Morgan fingerprint density at radius 3 is 2.85 bits per heavy atom. The normalized spacial score (nSPS) is 21.5. The van der Waals surface area contributed by atoms with Crippen LogP contribution < -0.4 is 4.90 Å². The largest absolute Gasteiger partial charge is 0.342 e. The maximum atomic E-state index is 13.2. The molecule has 0 aliphatic carbocycles. The fourth-order valence-corrected chi connectivity index (χ4v) is 4.75. The second-order valence-electron chi connectivity index (χ2n) is 6.85. The third-order valence-corrected chi connectivity index (χ3v) is 6.23. The van der Waals surface area contributed by atoms with Gasteiger partial charge in [-0.15, -0.1) is 0 Å². The molecule has 0 bridgehead atoms. The number of thiazole rings is 1. The summed E-state index contributed by atoms with van der Waals surface area (Å²) in [6.45, 7) is 3.30. The Hall–Kier alpha value is -1.99. The van der Waals surface area contributed by atoms with Gasteiger partial charge in [-0.3, -0.25) is 9.59 Å². The van der Waals surface area contributed by atoms with E-state index in [-0.39, 0.29) is 23.7 Å². The quantitative estimate of drug-likeness (QED) is 0.788. The summed E-state index contributed by atoms with van der Waals surface area (Å²) in [4.78, 5) is 32.2. The lowest BCUT2D eigenvalue weighted by molar-refractivity contribution is -0.127. The van der Waals surface area contributed by atoms with Crippen LogP contribution >= 0.6 is 22.9 Å². The predicted molar refractivity (Wildman–Crippen MR) is 98.1 cm³/mol. The van der Waals surface area contributed by atoms with Gasteiger partial charge in [-0.25, -0.2) is 4.98 Å². The molecule has 2 aliphatic heterocycles. The van der Waals surface area contributed by atoms with Crippen LogP contribution in [0.2, 0.25) is 5.02 Å². The Bertz CT molecular complexity index is 902. The monoisotopic (exact) mass is 393 g/mol. The molecule has 26 heavy (non-hydrogen) atoms. The zero-order chi connectivity index (χ0) is 18.5. The number of amides is 2. The number of hydrogen-bond acceptors (Lipinski definition) is 4. The Morgan fingerprint density at radius 2 is 2.19 bits per heavy atom. The molecule has 0 saturated carbocycles. The van der Waals surface area contributed by atoms with E-state index in [2.05, 4.69) is 4.98 Å². The Kier molecular flexibility index (Phi) is 4.23. The van der Waals surface area contributed by atoms with Crippen molar-refractivity contribution in [1.29, 1.82) is 0 Å². The topological polar surface area (TPSA) is 53.5 Å². The highest BCUT2D eigenvalue weighted by Crippen LogP contribution is 2.47. The van der Waals surface area contributed by atoms with E-state index >= 15 is 0 Å². The fraction of sp³-hybridized carbons (Fsp3) is 0.389. The summed E-state index contributed by atoms with van der Waals surface area (Å²) >= 11 is 7.10. The van der Waals surface area contributed by atoms with Gasteiger partial charge in [0, 0.05) is 42.7 Å². The van der Waals surface area contributed by atoms with Crippen LogP contribution in [0, 0.1) is 5.13 Å². The minimum atomic E-state index is -0.397. The van der Waals surface area contributed by atoms with Crippen LogP contribution in [0.25, 0.3) is 0 Å². The molecule has 8 heteroatoms. The molecule has 4 rings (SSSR count). The van der Waals surface area contributed by atoms with Crippen molar-refractivity contribution in [3.63, 3.8) is 0 Å². The average Bonchev–Trinajstić information content (AvgIpc) is 3.27. The molecule has 136 valence electrons. The highest BCUT2D eigenvalue weighted by Gasteiger charge is 2.49. The maximum Gasteiger partial charge on any atom is 0.233 e. The minimum Gasteiger partial charge on any atom is -0.342 e. The van der Waals surface area contributed by atoms with Gasteiger partial charge in [-0.05, 0) is 30.2 Å². The van der Waals surface area contributed by atoms with Crippen LogP contribution in [0.15, 0.2) is 24.4 Å². The van der Waals surface area contributed by atoms with Gasteiger partial charge in [0.05, 0.1) is 12.6 Å². The molecule has 0 N–H and O–H groups in total. The van der Waals surface area contributed by atoms with E-state index < -0.39 is 5.13 Å². The van der Waals surface area contributed by atoms with Crippen molar-refractivity contribution >= 4 is 40.4 Å². The standard InChI is InChI=1S/C18H17ClFN3O2S/c1-11(24)22-5-4-18(9-22)10-23(14-3-2-12(19)6-13(14)18)17(25)7-16-21-8-15(20)26-16/h2-3,6,8H,4-5,7,9-10H2,1H3. The molecule has 2 aromatic rings. The molecule has 1 unspecified atom stereocenters. The van der Waals surface area contributed by atoms with Crippen molar-refractivity contribution in [3.8, 4) is 0 Å². The molecule has 1 atom stereocenters. The molecule has 2 aliphatic rings. The lowest BCUT2D eigenvalue weighted by Crippen LogP contribution is -2.40. The van der Waals surface area contributed by atoms with Crippen molar-refractivity contribution < 1.29 is 14.0 Å². The number of fused-ring (bicyclic) bond motifs is 2. The van der Waals surface area contributed by atoms with Crippen molar-refractivity contribution in [2.24, 2.45) is 0 Å². The zero-order valence-electron chi connectivity index (χ0n) is 14.2. The summed E-state index contributed by atoms with van der Waals surface area (Å²) in [5.41, 5.74) is 1.53. The molecular weight excluding hydrogens is 377 g/mol. The first kappa shape index (κ1) is 17.4. The SMILES string of the molecule is CC(=O)N1CCC2(C1)CN(C(=O)Cc1ncc(F)s1)c1ccc(Cl)cc12. The fourth-order valence-electron chi connectivity index (χ4n) is 3.95. The maximum absolute atomic E-state index is 13.2. The summed E-state index contributed by atoms with van der Waals surface area (Å²) in [5, 5.41) is 0.673. The van der Waals surface area contributed by atoms with Gasteiger partial charge in [0.1, 0.15) is 5.01 Å².